The Morgan fingerprint density at radius 1 is 1.00 bits per heavy atom. The number of hydrogen-bond acceptors (Lipinski definition) is 4. The molecule has 1 N–H and O–H groups in total. The molecule has 1 heterocycles. The van der Waals surface area contributed by atoms with Crippen LogP contribution in [0.5, 0.6) is 0 Å². The second-order valence-corrected chi connectivity index (χ2v) is 9.32. The molecule has 2 aliphatic rings. The van der Waals surface area contributed by atoms with Crippen LogP contribution in [0.3, 0.4) is 0 Å². The van der Waals surface area contributed by atoms with Gasteiger partial charge in [-0.25, -0.2) is 8.42 Å². The molecule has 1 aliphatic carbocycles. The molecule has 150 valence electrons. The number of amides is 1. The summed E-state index contributed by atoms with van der Waals surface area (Å²) < 4.78 is 48.2. The van der Waals surface area contributed by atoms with E-state index in [1.807, 2.05) is 0 Å². The molecular weight excluding hydrogens is 374 g/mol. The van der Waals surface area contributed by atoms with Crippen molar-refractivity contribution in [1.82, 2.24) is 5.32 Å². The fourth-order valence-electron chi connectivity index (χ4n) is 3.92. The highest BCUT2D eigenvalue weighted by atomic mass is 32.2. The van der Waals surface area contributed by atoms with Crippen LogP contribution in [0.1, 0.15) is 44.9 Å². The number of anilines is 1. The van der Waals surface area contributed by atoms with E-state index < -0.39 is 15.6 Å². The maximum absolute atomic E-state index is 12.6. The molecule has 3 rings (SSSR count). The molecule has 0 atom stereocenters. The first-order valence-electron chi connectivity index (χ1n) is 9.55. The van der Waals surface area contributed by atoms with Gasteiger partial charge < -0.3 is 10.2 Å². The molecule has 27 heavy (non-hydrogen) atoms. The van der Waals surface area contributed by atoms with E-state index >= 15 is 0 Å². The minimum atomic E-state index is -4.56. The summed E-state index contributed by atoms with van der Waals surface area (Å²) in [5.41, 5.74) is 0.806. The highest BCUT2D eigenvalue weighted by Crippen LogP contribution is 2.26. The summed E-state index contributed by atoms with van der Waals surface area (Å²) in [6.45, 7) is 1.47. The molecule has 1 aromatic rings. The SMILES string of the molecule is O=C(NC1CCN(c2ccc(S(=O)(=O)C(F)F)cc2)CC1)C1CCCCC1. The van der Waals surface area contributed by atoms with Gasteiger partial charge >= 0.3 is 5.76 Å². The average Bonchev–Trinajstić information content (AvgIpc) is 2.69. The summed E-state index contributed by atoms with van der Waals surface area (Å²) >= 11 is 0. The number of carbonyl (C=O) groups excluding carboxylic acids is 1. The minimum Gasteiger partial charge on any atom is -0.371 e. The zero-order valence-electron chi connectivity index (χ0n) is 15.2. The van der Waals surface area contributed by atoms with Crippen molar-refractivity contribution >= 4 is 21.4 Å². The Hall–Kier alpha value is -1.70. The lowest BCUT2D eigenvalue weighted by atomic mass is 9.88. The second-order valence-electron chi connectivity index (χ2n) is 7.40. The largest absolute Gasteiger partial charge is 0.371 e. The number of benzene rings is 1. The third-order valence-electron chi connectivity index (χ3n) is 5.58. The maximum atomic E-state index is 12.6. The normalized spacial score (nSPS) is 20.0. The molecule has 0 aromatic heterocycles. The van der Waals surface area contributed by atoms with E-state index in [9.17, 15) is 22.0 Å². The molecule has 8 heteroatoms. The minimum absolute atomic E-state index is 0.154. The van der Waals surface area contributed by atoms with E-state index in [0.29, 0.717) is 0 Å². The summed E-state index contributed by atoms with van der Waals surface area (Å²) in [7, 11) is -4.56. The van der Waals surface area contributed by atoms with Crippen LogP contribution in [-0.4, -0.2) is 39.2 Å². The van der Waals surface area contributed by atoms with E-state index in [2.05, 4.69) is 10.2 Å². The molecule has 1 saturated carbocycles. The number of halogens is 2. The number of sulfone groups is 1. The van der Waals surface area contributed by atoms with Crippen LogP contribution < -0.4 is 10.2 Å². The monoisotopic (exact) mass is 400 g/mol. The fourth-order valence-corrected chi connectivity index (χ4v) is 4.64. The highest BCUT2D eigenvalue weighted by molar-refractivity contribution is 7.91. The number of piperidine rings is 1. The van der Waals surface area contributed by atoms with E-state index in [4.69, 9.17) is 0 Å². The van der Waals surface area contributed by atoms with Crippen molar-refractivity contribution in [3.8, 4) is 0 Å². The Morgan fingerprint density at radius 2 is 1.59 bits per heavy atom. The van der Waals surface area contributed by atoms with Crippen molar-refractivity contribution in [1.29, 1.82) is 0 Å². The summed E-state index contributed by atoms with van der Waals surface area (Å²) in [5.74, 6) is -3.08. The quantitative estimate of drug-likeness (QED) is 0.823. The van der Waals surface area contributed by atoms with Gasteiger partial charge in [-0.1, -0.05) is 19.3 Å². The molecule has 1 aliphatic heterocycles. The van der Waals surface area contributed by atoms with Gasteiger partial charge in [-0.05, 0) is 49.9 Å². The van der Waals surface area contributed by atoms with E-state index in [0.717, 1.165) is 57.3 Å². The Bertz CT molecular complexity index is 739. The topological polar surface area (TPSA) is 66.5 Å². The third kappa shape index (κ3) is 4.78. The Morgan fingerprint density at radius 3 is 2.15 bits per heavy atom. The number of alkyl halides is 2. The number of hydrogen-bond donors (Lipinski definition) is 1. The van der Waals surface area contributed by atoms with Crippen molar-refractivity contribution < 1.29 is 22.0 Å². The fraction of sp³-hybridized carbons (Fsp3) is 0.632. The lowest BCUT2D eigenvalue weighted by molar-refractivity contribution is -0.126. The molecule has 0 radical (unpaired) electrons. The number of carbonyl (C=O) groups is 1. The van der Waals surface area contributed by atoms with Crippen LogP contribution in [0.15, 0.2) is 29.2 Å². The molecule has 0 bridgehead atoms. The molecule has 5 nitrogen and oxygen atoms in total. The standard InChI is InChI=1S/C19H26F2N2O3S/c20-19(21)27(25,26)17-8-6-16(7-9-17)23-12-10-15(11-13-23)22-18(24)14-4-2-1-3-5-14/h6-9,14-15,19H,1-5,10-13H2,(H,22,24). The molecule has 1 amide bonds. The van der Waals surface area contributed by atoms with Gasteiger partial charge in [0.15, 0.2) is 0 Å². The van der Waals surface area contributed by atoms with Crippen LogP contribution in [0.2, 0.25) is 0 Å². The number of rotatable bonds is 5. The first kappa shape index (κ1) is 20.0. The molecule has 2 fully saturated rings. The van der Waals surface area contributed by atoms with Crippen LogP contribution in [0.4, 0.5) is 14.5 Å². The van der Waals surface area contributed by atoms with Gasteiger partial charge in [0.1, 0.15) is 0 Å². The van der Waals surface area contributed by atoms with Crippen LogP contribution in [-0.2, 0) is 14.6 Å². The Labute approximate surface area is 159 Å². The van der Waals surface area contributed by atoms with Gasteiger partial charge in [-0.15, -0.1) is 0 Å². The van der Waals surface area contributed by atoms with Crippen molar-refractivity contribution in [3.05, 3.63) is 24.3 Å². The second kappa shape index (κ2) is 8.54. The van der Waals surface area contributed by atoms with Crippen LogP contribution >= 0.6 is 0 Å². The summed E-state index contributed by atoms with van der Waals surface area (Å²) in [6.07, 6.45) is 7.09. The Balaban J connectivity index is 1.52. The highest BCUT2D eigenvalue weighted by Gasteiger charge is 2.28. The first-order chi connectivity index (χ1) is 12.9. The van der Waals surface area contributed by atoms with Crippen LogP contribution in [0.25, 0.3) is 0 Å². The van der Waals surface area contributed by atoms with Crippen LogP contribution in [0, 0.1) is 5.92 Å². The van der Waals surface area contributed by atoms with E-state index in [1.54, 1.807) is 12.1 Å². The van der Waals surface area contributed by atoms with Gasteiger partial charge in [0.2, 0.25) is 15.7 Å². The Kier molecular flexibility index (Phi) is 6.34. The zero-order valence-corrected chi connectivity index (χ0v) is 16.1. The summed E-state index contributed by atoms with van der Waals surface area (Å²) in [6, 6.07) is 5.75. The lowest BCUT2D eigenvalue weighted by Crippen LogP contribution is -2.46. The van der Waals surface area contributed by atoms with Gasteiger partial charge in [0.25, 0.3) is 0 Å². The zero-order chi connectivity index (χ0) is 19.4. The number of nitrogens with zero attached hydrogens (tertiary/aromatic N) is 1. The van der Waals surface area contributed by atoms with Crippen molar-refractivity contribution in [2.75, 3.05) is 18.0 Å². The number of nitrogens with one attached hydrogen (secondary N) is 1. The van der Waals surface area contributed by atoms with Gasteiger partial charge in [0, 0.05) is 30.7 Å². The molecular formula is C19H26F2N2O3S. The van der Waals surface area contributed by atoms with Gasteiger partial charge in [-0.2, -0.15) is 8.78 Å². The molecule has 1 saturated heterocycles. The smallest absolute Gasteiger partial charge is 0.341 e. The van der Waals surface area contributed by atoms with Crippen molar-refractivity contribution in [2.45, 2.75) is 61.6 Å². The average molecular weight is 400 g/mol. The lowest BCUT2D eigenvalue weighted by Gasteiger charge is -2.35. The van der Waals surface area contributed by atoms with Gasteiger partial charge in [0.05, 0.1) is 4.90 Å². The van der Waals surface area contributed by atoms with Crippen molar-refractivity contribution in [2.24, 2.45) is 5.92 Å². The predicted octanol–water partition coefficient (Wildman–Crippen LogP) is 3.35. The van der Waals surface area contributed by atoms with Gasteiger partial charge in [-0.3, -0.25) is 4.79 Å². The first-order valence-corrected chi connectivity index (χ1v) is 11.1. The summed E-state index contributed by atoms with van der Waals surface area (Å²) in [5, 5.41) is 3.17. The summed E-state index contributed by atoms with van der Waals surface area (Å²) in [4.78, 5) is 14.1. The van der Waals surface area contributed by atoms with E-state index in [-0.39, 0.29) is 22.8 Å². The predicted molar refractivity (Wildman–Crippen MR) is 99.6 cm³/mol. The maximum Gasteiger partial charge on any atom is 0.341 e. The molecule has 0 unspecified atom stereocenters. The molecule has 0 spiro atoms. The van der Waals surface area contributed by atoms with Crippen molar-refractivity contribution in [3.63, 3.8) is 0 Å². The van der Waals surface area contributed by atoms with E-state index in [1.165, 1.54) is 18.6 Å². The third-order valence-corrected chi connectivity index (χ3v) is 6.98. The molecule has 1 aromatic carbocycles.